The molecule has 306 valence electrons. The molecule has 0 amide bonds. The Bertz CT molecular complexity index is 3620. The second-order valence-corrected chi connectivity index (χ2v) is 19.2. The molecule has 1 aromatic heterocycles. The van der Waals surface area contributed by atoms with Crippen molar-refractivity contribution in [3.63, 3.8) is 0 Å². The lowest BCUT2D eigenvalue weighted by Gasteiger charge is -2.57. The standard InChI is InChI=1S/C61H46N2O/c1-37-30-33-49(38(2)35-37)62(52-27-15-21-42-41-19-8-12-28-53(41)64-58(42)52)55-36-48-57(46-23-13-14-34-59(46,55)3)56-40-18-6-5-17-39(40)31-32-47(56)61(48)45-22-9-11-26-51(45)63-50-25-10-7-20-43(50)44-24-16-29-54(61)60(44,63)4/h5-33,35-36,44H,34H2,1-4H3. The van der Waals surface area contributed by atoms with Gasteiger partial charge in [0, 0.05) is 44.9 Å². The molecule has 4 atom stereocenters. The molecule has 8 aromatic rings. The maximum atomic E-state index is 6.96. The SMILES string of the molecule is Cc1ccc(N(C2=CC3=C(C4=CC=CCC42C)c2c(ccc4ccccc24)C32C3=CC=CC4c5ccccc5N(c5ccccc52)C34C)c2cccc3c2oc2ccccc23)c(C)c1. The van der Waals surface area contributed by atoms with E-state index in [2.05, 4.69) is 226 Å². The summed E-state index contributed by atoms with van der Waals surface area (Å²) in [5, 5.41) is 4.83. The fraction of sp³-hybridized carbons (Fsp3) is 0.148. The van der Waals surface area contributed by atoms with E-state index in [-0.39, 0.29) is 11.5 Å². The van der Waals surface area contributed by atoms with E-state index in [1.165, 1.54) is 83.5 Å². The minimum Gasteiger partial charge on any atom is -0.454 e. The van der Waals surface area contributed by atoms with Crippen LogP contribution in [0.4, 0.5) is 22.7 Å². The van der Waals surface area contributed by atoms with Crippen LogP contribution in [0.15, 0.2) is 215 Å². The quantitative estimate of drug-likeness (QED) is 0.177. The topological polar surface area (TPSA) is 19.6 Å². The number of hydrogen-bond donors (Lipinski definition) is 0. The largest absolute Gasteiger partial charge is 0.454 e. The van der Waals surface area contributed by atoms with Gasteiger partial charge in [0.25, 0.3) is 0 Å². The molecule has 14 rings (SSSR count). The van der Waals surface area contributed by atoms with Gasteiger partial charge in [-0.1, -0.05) is 157 Å². The molecule has 7 aromatic carbocycles. The van der Waals surface area contributed by atoms with E-state index in [4.69, 9.17) is 4.42 Å². The summed E-state index contributed by atoms with van der Waals surface area (Å²) in [5.41, 5.74) is 19.9. The first-order chi connectivity index (χ1) is 31.3. The highest BCUT2D eigenvalue weighted by atomic mass is 16.3. The van der Waals surface area contributed by atoms with Gasteiger partial charge in [0.1, 0.15) is 5.58 Å². The zero-order valence-electron chi connectivity index (χ0n) is 36.5. The molecule has 6 aliphatic rings. The van der Waals surface area contributed by atoms with Crippen molar-refractivity contribution < 1.29 is 4.42 Å². The molecule has 3 heteroatoms. The molecule has 2 aliphatic heterocycles. The molecule has 3 heterocycles. The first kappa shape index (κ1) is 36.2. The predicted octanol–water partition coefficient (Wildman–Crippen LogP) is 15.5. The summed E-state index contributed by atoms with van der Waals surface area (Å²) in [5.74, 6) is 0.175. The Balaban J connectivity index is 1.16. The fourth-order valence-electron chi connectivity index (χ4n) is 13.4. The molecule has 0 saturated carbocycles. The first-order valence-electron chi connectivity index (χ1n) is 22.9. The Morgan fingerprint density at radius 1 is 0.672 bits per heavy atom. The minimum atomic E-state index is -0.616. The van der Waals surface area contributed by atoms with E-state index in [0.29, 0.717) is 0 Å². The van der Waals surface area contributed by atoms with Gasteiger partial charge >= 0.3 is 0 Å². The highest BCUT2D eigenvalue weighted by Crippen LogP contribution is 2.73. The van der Waals surface area contributed by atoms with Gasteiger partial charge in [-0.3, -0.25) is 0 Å². The second-order valence-electron chi connectivity index (χ2n) is 19.2. The molecule has 64 heavy (non-hydrogen) atoms. The van der Waals surface area contributed by atoms with Crippen molar-refractivity contribution in [3.8, 4) is 0 Å². The Labute approximate surface area is 374 Å². The molecular weight excluding hydrogens is 777 g/mol. The van der Waals surface area contributed by atoms with Crippen LogP contribution in [0.1, 0.15) is 59.6 Å². The van der Waals surface area contributed by atoms with Gasteiger partial charge in [0.15, 0.2) is 5.58 Å². The van der Waals surface area contributed by atoms with Crippen LogP contribution in [0.5, 0.6) is 0 Å². The number of benzene rings is 7. The normalized spacial score (nSPS) is 24.3. The van der Waals surface area contributed by atoms with Crippen LogP contribution >= 0.6 is 0 Å². The number of fused-ring (bicyclic) bond motifs is 18. The average Bonchev–Trinajstić information content (AvgIpc) is 3.93. The van der Waals surface area contributed by atoms with Crippen molar-refractivity contribution in [1.82, 2.24) is 0 Å². The van der Waals surface area contributed by atoms with Crippen molar-refractivity contribution in [1.29, 1.82) is 0 Å². The van der Waals surface area contributed by atoms with Gasteiger partial charge in [-0.05, 0) is 131 Å². The van der Waals surface area contributed by atoms with Crippen LogP contribution in [0.3, 0.4) is 0 Å². The highest BCUT2D eigenvalue weighted by Gasteiger charge is 2.65. The van der Waals surface area contributed by atoms with Crippen molar-refractivity contribution in [2.45, 2.75) is 51.0 Å². The third kappa shape index (κ3) is 4.24. The van der Waals surface area contributed by atoms with Crippen LogP contribution in [-0.2, 0) is 5.41 Å². The summed E-state index contributed by atoms with van der Waals surface area (Å²) in [6.45, 7) is 9.48. The van der Waals surface area contributed by atoms with Crippen molar-refractivity contribution in [2.75, 3.05) is 9.80 Å². The third-order valence-electron chi connectivity index (χ3n) is 16.0. The fourth-order valence-corrected chi connectivity index (χ4v) is 13.4. The van der Waals surface area contributed by atoms with Crippen LogP contribution in [0.25, 0.3) is 38.3 Å². The second kappa shape index (κ2) is 12.4. The highest BCUT2D eigenvalue weighted by molar-refractivity contribution is 6.12. The van der Waals surface area contributed by atoms with Crippen LogP contribution in [-0.4, -0.2) is 5.54 Å². The maximum absolute atomic E-state index is 6.96. The molecule has 1 spiro atoms. The molecule has 3 nitrogen and oxygen atoms in total. The van der Waals surface area contributed by atoms with Crippen molar-refractivity contribution in [2.24, 2.45) is 5.41 Å². The molecule has 0 radical (unpaired) electrons. The number of hydrogen-bond acceptors (Lipinski definition) is 3. The van der Waals surface area contributed by atoms with Gasteiger partial charge in [-0.2, -0.15) is 0 Å². The van der Waals surface area contributed by atoms with Crippen LogP contribution in [0, 0.1) is 19.3 Å². The van der Waals surface area contributed by atoms with E-state index < -0.39 is 10.8 Å². The predicted molar refractivity (Wildman–Crippen MR) is 265 cm³/mol. The number of anilines is 4. The summed E-state index contributed by atoms with van der Waals surface area (Å²) < 4.78 is 6.96. The number of para-hydroxylation sites is 4. The first-order valence-corrected chi connectivity index (χ1v) is 22.9. The summed E-state index contributed by atoms with van der Waals surface area (Å²) >= 11 is 0. The molecule has 0 bridgehead atoms. The van der Waals surface area contributed by atoms with E-state index in [9.17, 15) is 0 Å². The van der Waals surface area contributed by atoms with E-state index in [0.717, 1.165) is 39.7 Å². The van der Waals surface area contributed by atoms with E-state index >= 15 is 0 Å². The molecular formula is C61H46N2O. The summed E-state index contributed by atoms with van der Waals surface area (Å²) in [4.78, 5) is 5.27. The molecule has 0 fully saturated rings. The Hall–Kier alpha value is -7.36. The Kier molecular flexibility index (Phi) is 7.02. The lowest BCUT2D eigenvalue weighted by Crippen LogP contribution is -2.56. The molecule has 0 saturated heterocycles. The summed E-state index contributed by atoms with van der Waals surface area (Å²) in [6.07, 6.45) is 18.0. The lowest BCUT2D eigenvalue weighted by molar-refractivity contribution is 0.435. The third-order valence-corrected chi connectivity index (χ3v) is 16.0. The number of aryl methyl sites for hydroxylation is 2. The van der Waals surface area contributed by atoms with Gasteiger partial charge < -0.3 is 14.2 Å². The summed E-state index contributed by atoms with van der Waals surface area (Å²) in [7, 11) is 0. The minimum absolute atomic E-state index is 0.175. The zero-order valence-corrected chi connectivity index (χ0v) is 36.5. The zero-order chi connectivity index (χ0) is 42.7. The smallest absolute Gasteiger partial charge is 0.159 e. The molecule has 4 unspecified atom stereocenters. The van der Waals surface area contributed by atoms with Gasteiger partial charge in [0.05, 0.1) is 16.6 Å². The van der Waals surface area contributed by atoms with E-state index in [1.807, 2.05) is 0 Å². The Morgan fingerprint density at radius 3 is 2.34 bits per heavy atom. The number of nitrogens with zero attached hydrogens (tertiary/aromatic N) is 2. The monoisotopic (exact) mass is 822 g/mol. The van der Waals surface area contributed by atoms with Crippen LogP contribution in [0.2, 0.25) is 0 Å². The van der Waals surface area contributed by atoms with Gasteiger partial charge in [0.2, 0.25) is 0 Å². The molecule has 4 aliphatic carbocycles. The Morgan fingerprint density at radius 2 is 1.45 bits per heavy atom. The van der Waals surface area contributed by atoms with Crippen LogP contribution < -0.4 is 9.80 Å². The van der Waals surface area contributed by atoms with E-state index in [1.54, 1.807) is 0 Å². The van der Waals surface area contributed by atoms with Crippen molar-refractivity contribution in [3.05, 3.63) is 244 Å². The van der Waals surface area contributed by atoms with Gasteiger partial charge in [-0.15, -0.1) is 0 Å². The lowest BCUT2D eigenvalue weighted by atomic mass is 9.54. The number of furan rings is 1. The van der Waals surface area contributed by atoms with Gasteiger partial charge in [-0.25, -0.2) is 0 Å². The molecule has 0 N–H and O–H groups in total. The number of rotatable bonds is 3. The summed E-state index contributed by atoms with van der Waals surface area (Å²) in [6, 6.07) is 54.5. The maximum Gasteiger partial charge on any atom is 0.159 e. The average molecular weight is 823 g/mol. The number of allylic oxidation sites excluding steroid dienone is 9. The van der Waals surface area contributed by atoms with Crippen molar-refractivity contribution >= 4 is 61.0 Å².